The molecule has 0 aliphatic carbocycles. The highest BCUT2D eigenvalue weighted by Gasteiger charge is 2.89. The molecule has 0 aromatic rings. The van der Waals surface area contributed by atoms with Crippen molar-refractivity contribution in [1.82, 2.24) is 0 Å². The van der Waals surface area contributed by atoms with Crippen LogP contribution in [0.4, 0.5) is 52.7 Å². The summed E-state index contributed by atoms with van der Waals surface area (Å²) in [5, 5.41) is 0. The van der Waals surface area contributed by atoms with E-state index in [0.717, 1.165) is 77.0 Å². The maximum Gasteiger partial charge on any atom is 0.384 e. The minimum absolute atomic E-state index is 0.0987. The monoisotopic (exact) mass is 750 g/mol. The minimum Gasteiger partial charge on any atom is -0.200 e. The number of unbranched alkanes of at least 4 members (excludes halogenated alkanes) is 26. The maximum absolute atomic E-state index is 14.3. The Hall–Kier alpha value is -0.840. The molecule has 0 N–H and O–H groups in total. The molecule has 0 aliphatic heterocycles. The lowest BCUT2D eigenvalue weighted by Crippen LogP contribution is -2.70. The molecule has 0 aromatic heterocycles. The lowest BCUT2D eigenvalue weighted by atomic mass is 9.88. The predicted molar refractivity (Wildman–Crippen MR) is 180 cm³/mol. The molecule has 302 valence electrons. The van der Waals surface area contributed by atoms with Gasteiger partial charge in [0.15, 0.2) is 0 Å². The zero-order valence-electron chi connectivity index (χ0n) is 30.7. The van der Waals surface area contributed by atoms with Crippen LogP contribution < -0.4 is 0 Å². The third-order valence-electron chi connectivity index (χ3n) is 9.79. The first-order valence-corrected chi connectivity index (χ1v) is 19.6. The van der Waals surface area contributed by atoms with Gasteiger partial charge in [-0.15, -0.1) is 0 Å². The summed E-state index contributed by atoms with van der Waals surface area (Å²) < 4.78 is 171. The average molecular weight is 751 g/mol. The molecule has 50 heavy (non-hydrogen) atoms. The normalized spacial score (nSPS) is 13.8. The maximum atomic E-state index is 14.3. The summed E-state index contributed by atoms with van der Waals surface area (Å²) in [6.45, 7) is 4.28. The van der Waals surface area contributed by atoms with E-state index in [-0.39, 0.29) is 12.8 Å². The van der Waals surface area contributed by atoms with Crippen LogP contribution in [0.15, 0.2) is 0 Å². The number of halogens is 12. The van der Waals surface area contributed by atoms with Crippen LogP contribution in [-0.2, 0) is 0 Å². The smallest absolute Gasteiger partial charge is 0.200 e. The van der Waals surface area contributed by atoms with Crippen molar-refractivity contribution in [2.75, 3.05) is 0 Å². The number of alkyl halides is 12. The molecule has 0 nitrogen and oxygen atoms in total. The molecule has 0 rings (SSSR count). The summed E-state index contributed by atoms with van der Waals surface area (Å²) in [5.41, 5.74) is 0. The van der Waals surface area contributed by atoms with Gasteiger partial charge in [-0.25, -0.2) is 0 Å². The molecule has 0 fully saturated rings. The zero-order valence-corrected chi connectivity index (χ0v) is 30.7. The van der Waals surface area contributed by atoms with Gasteiger partial charge in [0.2, 0.25) is 0 Å². The van der Waals surface area contributed by atoms with Gasteiger partial charge < -0.3 is 0 Å². The predicted octanol–water partition coefficient (Wildman–Crippen LogP) is 16.5. The van der Waals surface area contributed by atoms with E-state index in [2.05, 4.69) is 13.8 Å². The Morgan fingerprint density at radius 2 is 0.380 bits per heavy atom. The molecular weight excluding hydrogens is 684 g/mol. The molecule has 0 unspecified atom stereocenters. The van der Waals surface area contributed by atoms with Crippen molar-refractivity contribution in [1.29, 1.82) is 0 Å². The minimum atomic E-state index is -7.46. The molecule has 0 saturated carbocycles. The van der Waals surface area contributed by atoms with Gasteiger partial charge in [-0.1, -0.05) is 181 Å². The Morgan fingerprint density at radius 1 is 0.220 bits per heavy atom. The fraction of sp³-hybridized carbons (Fsp3) is 1.00. The van der Waals surface area contributed by atoms with Gasteiger partial charge in [0.05, 0.1) is 0 Å². The quantitative estimate of drug-likeness (QED) is 0.0447. The number of rotatable bonds is 35. The van der Waals surface area contributed by atoms with Crippen molar-refractivity contribution in [3.8, 4) is 0 Å². The fourth-order valence-corrected chi connectivity index (χ4v) is 6.25. The van der Waals surface area contributed by atoms with Gasteiger partial charge in [-0.05, 0) is 12.8 Å². The summed E-state index contributed by atoms with van der Waals surface area (Å²) >= 11 is 0. The van der Waals surface area contributed by atoms with Crippen LogP contribution in [0.1, 0.15) is 206 Å². The topological polar surface area (TPSA) is 0 Å². The summed E-state index contributed by atoms with van der Waals surface area (Å²) in [4.78, 5) is 0. The largest absolute Gasteiger partial charge is 0.384 e. The molecule has 0 atom stereocenters. The Bertz CT molecular complexity index is 748. The van der Waals surface area contributed by atoms with Gasteiger partial charge >= 0.3 is 35.5 Å². The van der Waals surface area contributed by atoms with Gasteiger partial charge in [0.25, 0.3) is 0 Å². The Balaban J connectivity index is 4.65. The first kappa shape index (κ1) is 49.2. The van der Waals surface area contributed by atoms with Gasteiger partial charge in [0.1, 0.15) is 0 Å². The second-order valence-corrected chi connectivity index (χ2v) is 14.4. The van der Waals surface area contributed by atoms with E-state index in [0.29, 0.717) is 25.7 Å². The summed E-state index contributed by atoms with van der Waals surface area (Å²) in [6, 6.07) is 0. The van der Waals surface area contributed by atoms with E-state index >= 15 is 0 Å². The summed E-state index contributed by atoms with van der Waals surface area (Å²) in [5.74, 6) is -40.6. The highest BCUT2D eigenvalue weighted by Crippen LogP contribution is 2.61. The first-order valence-electron chi connectivity index (χ1n) is 19.6. The molecule has 0 aromatic carbocycles. The van der Waals surface area contributed by atoms with Crippen molar-refractivity contribution in [3.05, 3.63) is 0 Å². The van der Waals surface area contributed by atoms with Crippen LogP contribution >= 0.6 is 0 Å². The third kappa shape index (κ3) is 16.4. The first-order chi connectivity index (χ1) is 23.4. The van der Waals surface area contributed by atoms with E-state index < -0.39 is 61.2 Å². The lowest BCUT2D eigenvalue weighted by molar-refractivity contribution is -0.425. The Labute approximate surface area is 294 Å². The van der Waals surface area contributed by atoms with Crippen molar-refractivity contribution >= 4 is 0 Å². The fourth-order valence-electron chi connectivity index (χ4n) is 6.25. The third-order valence-corrected chi connectivity index (χ3v) is 9.79. The van der Waals surface area contributed by atoms with E-state index in [4.69, 9.17) is 0 Å². The number of hydrogen-bond donors (Lipinski definition) is 0. The molecule has 0 amide bonds. The molecule has 12 heteroatoms. The molecule has 0 bridgehead atoms. The van der Waals surface area contributed by atoms with Crippen LogP contribution in [0, 0.1) is 0 Å². The molecule has 0 aliphatic rings. The summed E-state index contributed by atoms with van der Waals surface area (Å²) in [6.07, 6.45) is 17.5. The van der Waals surface area contributed by atoms with Crippen molar-refractivity contribution in [3.63, 3.8) is 0 Å². The molecule has 0 spiro atoms. The SMILES string of the molecule is CCCCCCCCCCCCCCCCC(F)(F)C(F)(F)C(F)(F)C(F)(F)C(F)(F)C(F)(F)CCCCCCCCCCCCCCCC. The lowest BCUT2D eigenvalue weighted by Gasteiger charge is -2.41. The molecular formula is C38H66F12. The van der Waals surface area contributed by atoms with Crippen molar-refractivity contribution in [2.24, 2.45) is 0 Å². The van der Waals surface area contributed by atoms with E-state index in [9.17, 15) is 52.7 Å². The highest BCUT2D eigenvalue weighted by molar-refractivity contribution is 5.11. The van der Waals surface area contributed by atoms with Crippen LogP contribution in [0.25, 0.3) is 0 Å². The molecule has 0 radical (unpaired) electrons. The highest BCUT2D eigenvalue weighted by atomic mass is 19.4. The van der Waals surface area contributed by atoms with Gasteiger partial charge in [0, 0.05) is 12.8 Å². The Kier molecular flexibility index (Phi) is 24.8. The average Bonchev–Trinajstić information content (AvgIpc) is 3.04. The van der Waals surface area contributed by atoms with E-state index in [1.807, 2.05) is 0 Å². The molecule has 0 saturated heterocycles. The summed E-state index contributed by atoms with van der Waals surface area (Å²) in [7, 11) is 0. The van der Waals surface area contributed by atoms with Gasteiger partial charge in [-0.3, -0.25) is 0 Å². The van der Waals surface area contributed by atoms with Gasteiger partial charge in [-0.2, -0.15) is 52.7 Å². The number of hydrogen-bond acceptors (Lipinski definition) is 0. The van der Waals surface area contributed by atoms with Crippen molar-refractivity contribution in [2.45, 2.75) is 242 Å². The zero-order chi connectivity index (χ0) is 38.2. The van der Waals surface area contributed by atoms with E-state index in [1.165, 1.54) is 51.4 Å². The second kappa shape index (κ2) is 25.2. The van der Waals surface area contributed by atoms with Crippen molar-refractivity contribution < 1.29 is 52.7 Å². The van der Waals surface area contributed by atoms with Crippen LogP contribution in [0.2, 0.25) is 0 Å². The van der Waals surface area contributed by atoms with Crippen LogP contribution in [0.5, 0.6) is 0 Å². The second-order valence-electron chi connectivity index (χ2n) is 14.4. The molecule has 0 heterocycles. The van der Waals surface area contributed by atoms with Crippen LogP contribution in [-0.4, -0.2) is 35.5 Å². The van der Waals surface area contributed by atoms with Crippen LogP contribution in [0.3, 0.4) is 0 Å². The standard InChI is InChI=1S/C38H66F12/c1-3-5-7-9-11-13-15-17-19-21-23-25-27-29-31-33(39,40)35(43,44)37(47,48)38(49,50)36(45,46)34(41,42)32-30-28-26-24-22-20-18-16-14-12-10-8-6-4-2/h3-32H2,1-2H3. The Morgan fingerprint density at radius 3 is 0.560 bits per heavy atom. The van der Waals surface area contributed by atoms with E-state index in [1.54, 1.807) is 0 Å².